The summed E-state index contributed by atoms with van der Waals surface area (Å²) in [4.78, 5) is 0. The Bertz CT molecular complexity index is 708. The molecule has 1 aliphatic heterocycles. The number of hydrogen-bond donors (Lipinski definition) is 0. The van der Waals surface area contributed by atoms with E-state index in [0.29, 0.717) is 0 Å². The number of aryl methyl sites for hydroxylation is 1. The molecule has 0 aromatic heterocycles. The lowest BCUT2D eigenvalue weighted by Crippen LogP contribution is -2.10. The van der Waals surface area contributed by atoms with Crippen LogP contribution in [0, 0.1) is 6.92 Å². The second kappa shape index (κ2) is 4.72. The van der Waals surface area contributed by atoms with Crippen LogP contribution >= 0.6 is 0 Å². The average Bonchev–Trinajstić information content (AvgIpc) is 3.16. The quantitative estimate of drug-likeness (QED) is 0.814. The topological polar surface area (TPSA) is 37.1 Å². The molecule has 3 atom stereocenters. The summed E-state index contributed by atoms with van der Waals surface area (Å²) >= 11 is 0. The molecule has 104 valence electrons. The summed E-state index contributed by atoms with van der Waals surface area (Å²) in [5.41, 5.74) is 3.27. The van der Waals surface area contributed by atoms with Crippen molar-refractivity contribution < 1.29 is 8.42 Å². The fourth-order valence-corrected chi connectivity index (χ4v) is 3.94. The largest absolute Gasteiger partial charge is 0.212 e. The standard InChI is InChI=1S/C16H17NO2S/c1-12-8-10-14(11-9-12)16-15(17(16)20(2,18)19)13-6-4-3-5-7-13/h3-11,15-16H,1-2H3/t15-,16-,17?/m0/s1. The molecule has 0 amide bonds. The number of sulfonamides is 1. The van der Waals surface area contributed by atoms with Gasteiger partial charge in [-0.1, -0.05) is 60.2 Å². The van der Waals surface area contributed by atoms with Crippen LogP contribution < -0.4 is 0 Å². The minimum atomic E-state index is -3.20. The van der Waals surface area contributed by atoms with E-state index < -0.39 is 10.0 Å². The number of benzene rings is 2. The molecule has 20 heavy (non-hydrogen) atoms. The van der Waals surface area contributed by atoms with Crippen LogP contribution in [0.15, 0.2) is 54.6 Å². The zero-order valence-corrected chi connectivity index (χ0v) is 12.3. The third-order valence-electron chi connectivity index (χ3n) is 3.70. The van der Waals surface area contributed by atoms with Crippen LogP contribution in [-0.2, 0) is 10.0 Å². The molecule has 1 aliphatic rings. The van der Waals surface area contributed by atoms with E-state index in [4.69, 9.17) is 0 Å². The van der Waals surface area contributed by atoms with Gasteiger partial charge >= 0.3 is 0 Å². The van der Waals surface area contributed by atoms with Gasteiger partial charge in [-0.05, 0) is 18.1 Å². The van der Waals surface area contributed by atoms with Crippen LogP contribution in [0.4, 0.5) is 0 Å². The lowest BCUT2D eigenvalue weighted by atomic mass is 10.0. The van der Waals surface area contributed by atoms with Gasteiger partial charge < -0.3 is 0 Å². The highest BCUT2D eigenvalue weighted by atomic mass is 32.2. The van der Waals surface area contributed by atoms with Crippen molar-refractivity contribution in [3.8, 4) is 0 Å². The molecule has 3 nitrogen and oxygen atoms in total. The smallest absolute Gasteiger partial charge is 0.212 e. The normalized spacial score (nSPS) is 25.4. The molecule has 1 saturated heterocycles. The summed E-state index contributed by atoms with van der Waals surface area (Å²) in [5.74, 6) is 0. The lowest BCUT2D eigenvalue weighted by Gasteiger charge is -2.01. The van der Waals surface area contributed by atoms with Crippen LogP contribution in [0.2, 0.25) is 0 Å². The average molecular weight is 287 g/mol. The first-order valence-corrected chi connectivity index (χ1v) is 8.43. The van der Waals surface area contributed by atoms with Crippen molar-refractivity contribution in [1.82, 2.24) is 4.31 Å². The number of nitrogens with zero attached hydrogens (tertiary/aromatic N) is 1. The van der Waals surface area contributed by atoms with Gasteiger partial charge in [0.2, 0.25) is 10.0 Å². The molecular formula is C16H17NO2S. The molecular weight excluding hydrogens is 270 g/mol. The Kier molecular flexibility index (Phi) is 3.15. The van der Waals surface area contributed by atoms with Gasteiger partial charge in [0.1, 0.15) is 0 Å². The molecule has 1 unspecified atom stereocenters. The van der Waals surface area contributed by atoms with Crippen LogP contribution in [0.1, 0.15) is 28.8 Å². The van der Waals surface area contributed by atoms with E-state index in [1.54, 1.807) is 4.31 Å². The Balaban J connectivity index is 1.99. The Morgan fingerprint density at radius 1 is 0.850 bits per heavy atom. The lowest BCUT2D eigenvalue weighted by molar-refractivity contribution is 0.554. The fraction of sp³-hybridized carbons (Fsp3) is 0.250. The second-order valence-electron chi connectivity index (χ2n) is 5.30. The minimum absolute atomic E-state index is 0.0751. The van der Waals surface area contributed by atoms with Crippen LogP contribution in [-0.4, -0.2) is 19.0 Å². The van der Waals surface area contributed by atoms with Crippen molar-refractivity contribution in [1.29, 1.82) is 0 Å². The van der Waals surface area contributed by atoms with Crippen molar-refractivity contribution in [2.75, 3.05) is 6.26 Å². The molecule has 2 aromatic carbocycles. The highest BCUT2D eigenvalue weighted by molar-refractivity contribution is 7.88. The van der Waals surface area contributed by atoms with Gasteiger partial charge in [-0.2, -0.15) is 4.31 Å². The molecule has 0 aliphatic carbocycles. The summed E-state index contributed by atoms with van der Waals surface area (Å²) in [6.45, 7) is 2.03. The first kappa shape index (κ1) is 13.3. The Labute approximate surface area is 119 Å². The van der Waals surface area contributed by atoms with Gasteiger partial charge in [0.25, 0.3) is 0 Å². The Morgan fingerprint density at radius 3 is 1.85 bits per heavy atom. The van der Waals surface area contributed by atoms with E-state index in [2.05, 4.69) is 0 Å². The van der Waals surface area contributed by atoms with Gasteiger partial charge in [-0.15, -0.1) is 0 Å². The molecule has 1 heterocycles. The van der Waals surface area contributed by atoms with Gasteiger partial charge in [0.15, 0.2) is 0 Å². The Morgan fingerprint density at radius 2 is 1.35 bits per heavy atom. The maximum Gasteiger partial charge on any atom is 0.212 e. The second-order valence-corrected chi connectivity index (χ2v) is 7.19. The molecule has 4 heteroatoms. The van der Waals surface area contributed by atoms with Crippen molar-refractivity contribution in [3.05, 3.63) is 71.3 Å². The summed E-state index contributed by atoms with van der Waals surface area (Å²) in [5, 5.41) is 0. The SMILES string of the molecule is Cc1ccc([C@H]2[C@H](c3ccccc3)N2S(C)(=O)=O)cc1. The molecule has 3 rings (SSSR count). The van der Waals surface area contributed by atoms with Gasteiger partial charge in [0, 0.05) is 0 Å². The van der Waals surface area contributed by atoms with Gasteiger partial charge in [-0.25, -0.2) is 8.42 Å². The third-order valence-corrected chi connectivity index (χ3v) is 4.92. The predicted octanol–water partition coefficient (Wildman–Crippen LogP) is 3.05. The predicted molar refractivity (Wildman–Crippen MR) is 79.8 cm³/mol. The van der Waals surface area contributed by atoms with E-state index >= 15 is 0 Å². The first-order valence-electron chi connectivity index (χ1n) is 6.58. The van der Waals surface area contributed by atoms with E-state index in [0.717, 1.165) is 11.1 Å². The van der Waals surface area contributed by atoms with Crippen molar-refractivity contribution in [2.45, 2.75) is 19.0 Å². The van der Waals surface area contributed by atoms with Crippen molar-refractivity contribution in [3.63, 3.8) is 0 Å². The fourth-order valence-electron chi connectivity index (χ4n) is 2.70. The van der Waals surface area contributed by atoms with Crippen LogP contribution in [0.5, 0.6) is 0 Å². The van der Waals surface area contributed by atoms with E-state index in [1.807, 2.05) is 61.5 Å². The molecule has 2 aromatic rings. The van der Waals surface area contributed by atoms with E-state index in [1.165, 1.54) is 11.8 Å². The zero-order chi connectivity index (χ0) is 14.3. The molecule has 0 saturated carbocycles. The maximum absolute atomic E-state index is 12.0. The number of hydrogen-bond acceptors (Lipinski definition) is 2. The molecule has 0 N–H and O–H groups in total. The highest BCUT2D eigenvalue weighted by Gasteiger charge is 2.54. The summed E-state index contributed by atoms with van der Waals surface area (Å²) in [6.07, 6.45) is 1.27. The summed E-state index contributed by atoms with van der Waals surface area (Å²) in [6, 6.07) is 17.7. The van der Waals surface area contributed by atoms with Crippen LogP contribution in [0.3, 0.4) is 0 Å². The summed E-state index contributed by atoms with van der Waals surface area (Å²) < 4.78 is 25.5. The molecule has 1 fully saturated rings. The molecule has 0 spiro atoms. The first-order chi connectivity index (χ1) is 9.48. The van der Waals surface area contributed by atoms with Gasteiger partial charge in [0.05, 0.1) is 18.3 Å². The third kappa shape index (κ3) is 2.37. The summed E-state index contributed by atoms with van der Waals surface area (Å²) in [7, 11) is -3.20. The van der Waals surface area contributed by atoms with E-state index in [-0.39, 0.29) is 12.1 Å². The van der Waals surface area contributed by atoms with Gasteiger partial charge in [-0.3, -0.25) is 0 Å². The van der Waals surface area contributed by atoms with Crippen molar-refractivity contribution >= 4 is 10.0 Å². The molecule has 0 bridgehead atoms. The monoisotopic (exact) mass is 287 g/mol. The number of rotatable bonds is 3. The zero-order valence-electron chi connectivity index (χ0n) is 11.5. The van der Waals surface area contributed by atoms with Crippen LogP contribution in [0.25, 0.3) is 0 Å². The van der Waals surface area contributed by atoms with E-state index in [9.17, 15) is 8.42 Å². The molecule has 0 radical (unpaired) electrons. The maximum atomic E-state index is 12.0. The van der Waals surface area contributed by atoms with Crippen molar-refractivity contribution in [2.24, 2.45) is 0 Å². The Hall–Kier alpha value is -1.65. The minimum Gasteiger partial charge on any atom is -0.212 e. The highest BCUT2D eigenvalue weighted by Crippen LogP contribution is 2.56.